The van der Waals surface area contributed by atoms with Crippen LogP contribution in [-0.2, 0) is 0 Å². The Balaban J connectivity index is 3.60. The third-order valence-corrected chi connectivity index (χ3v) is 1.55. The van der Waals surface area contributed by atoms with Crippen LogP contribution in [0.3, 0.4) is 0 Å². The van der Waals surface area contributed by atoms with E-state index >= 15 is 0 Å². The van der Waals surface area contributed by atoms with Crippen molar-refractivity contribution in [3.8, 4) is 0 Å². The van der Waals surface area contributed by atoms with Crippen LogP contribution in [0, 0.1) is 11.3 Å². The van der Waals surface area contributed by atoms with Gasteiger partial charge in [0.15, 0.2) is 0 Å². The summed E-state index contributed by atoms with van der Waals surface area (Å²) >= 11 is 0. The molecular formula is C9H19NO. The first-order valence-corrected chi connectivity index (χ1v) is 4.11. The van der Waals surface area contributed by atoms with Crippen LogP contribution in [0.2, 0.25) is 0 Å². The van der Waals surface area contributed by atoms with Crippen LogP contribution >= 0.6 is 0 Å². The summed E-state index contributed by atoms with van der Waals surface area (Å²) in [5.74, 6) is 0.603. The molecule has 11 heavy (non-hydrogen) atoms. The van der Waals surface area contributed by atoms with Crippen molar-refractivity contribution in [2.24, 2.45) is 16.5 Å². The van der Waals surface area contributed by atoms with Crippen LogP contribution in [-0.4, -0.2) is 11.4 Å². The monoisotopic (exact) mass is 157 g/mol. The van der Waals surface area contributed by atoms with Gasteiger partial charge in [-0.15, -0.1) is 5.16 Å². The molecule has 0 aliphatic heterocycles. The van der Waals surface area contributed by atoms with Gasteiger partial charge in [0.05, 0.1) is 0 Å². The summed E-state index contributed by atoms with van der Waals surface area (Å²) in [6, 6.07) is 0. The van der Waals surface area contributed by atoms with Crippen molar-refractivity contribution in [3.05, 3.63) is 0 Å². The van der Waals surface area contributed by atoms with Crippen LogP contribution < -0.4 is 0 Å². The van der Waals surface area contributed by atoms with Crippen molar-refractivity contribution >= 4 is 6.21 Å². The lowest BCUT2D eigenvalue weighted by Crippen LogP contribution is -2.11. The minimum atomic E-state index is 0.378. The maximum absolute atomic E-state index is 8.18. The van der Waals surface area contributed by atoms with E-state index in [1.54, 1.807) is 6.21 Å². The number of oxime groups is 1. The molecule has 0 saturated carbocycles. The molecule has 0 spiro atoms. The normalized spacial score (nSPS) is 15.6. The van der Waals surface area contributed by atoms with E-state index in [1.807, 2.05) is 0 Å². The largest absolute Gasteiger partial charge is 0.411 e. The van der Waals surface area contributed by atoms with E-state index in [1.165, 1.54) is 6.42 Å². The van der Waals surface area contributed by atoms with E-state index in [9.17, 15) is 0 Å². The van der Waals surface area contributed by atoms with Gasteiger partial charge in [-0.2, -0.15) is 0 Å². The highest BCUT2D eigenvalue weighted by Gasteiger charge is 2.13. The number of hydrogen-bond donors (Lipinski definition) is 1. The second-order valence-electron chi connectivity index (χ2n) is 4.40. The lowest BCUT2D eigenvalue weighted by molar-refractivity contribution is 0.303. The van der Waals surface area contributed by atoms with Gasteiger partial charge in [-0.25, -0.2) is 0 Å². The maximum atomic E-state index is 8.18. The fourth-order valence-electron chi connectivity index (χ4n) is 1.36. The van der Waals surface area contributed by atoms with Gasteiger partial charge in [0.1, 0.15) is 0 Å². The number of hydrogen-bond acceptors (Lipinski definition) is 2. The molecule has 0 amide bonds. The minimum absolute atomic E-state index is 0.378. The fraction of sp³-hybridized carbons (Fsp3) is 0.889. The molecular weight excluding hydrogens is 138 g/mol. The molecule has 66 valence electrons. The Hall–Kier alpha value is -0.530. The van der Waals surface area contributed by atoms with Crippen LogP contribution in [0.25, 0.3) is 0 Å². The van der Waals surface area contributed by atoms with E-state index < -0.39 is 0 Å². The van der Waals surface area contributed by atoms with Gasteiger partial charge in [0.2, 0.25) is 0 Å². The Morgan fingerprint density at radius 3 is 2.36 bits per heavy atom. The highest BCUT2D eigenvalue weighted by Crippen LogP contribution is 2.25. The summed E-state index contributed by atoms with van der Waals surface area (Å²) in [5, 5.41) is 11.2. The average molecular weight is 157 g/mol. The molecule has 2 nitrogen and oxygen atoms in total. The van der Waals surface area contributed by atoms with Crippen molar-refractivity contribution in [1.29, 1.82) is 0 Å². The zero-order chi connectivity index (χ0) is 8.91. The topological polar surface area (TPSA) is 32.6 Å². The summed E-state index contributed by atoms with van der Waals surface area (Å²) in [4.78, 5) is 0. The first kappa shape index (κ1) is 10.5. The minimum Gasteiger partial charge on any atom is -0.411 e. The number of nitrogens with zero attached hydrogens (tertiary/aromatic N) is 1. The molecule has 1 N–H and O–H groups in total. The number of rotatable bonds is 3. The summed E-state index contributed by atoms with van der Waals surface area (Å²) in [5.41, 5.74) is 0.378. The van der Waals surface area contributed by atoms with E-state index in [4.69, 9.17) is 5.21 Å². The molecule has 2 heteroatoms. The van der Waals surface area contributed by atoms with Crippen LogP contribution in [0.4, 0.5) is 0 Å². The first-order valence-electron chi connectivity index (χ1n) is 4.11. The second kappa shape index (κ2) is 4.37. The van der Waals surface area contributed by atoms with Crippen molar-refractivity contribution in [2.75, 3.05) is 0 Å². The van der Waals surface area contributed by atoms with Crippen LogP contribution in [0.15, 0.2) is 5.16 Å². The maximum Gasteiger partial charge on any atom is 0.0438 e. The Morgan fingerprint density at radius 1 is 1.45 bits per heavy atom. The van der Waals surface area contributed by atoms with Gasteiger partial charge in [-0.1, -0.05) is 27.7 Å². The zero-order valence-corrected chi connectivity index (χ0v) is 7.96. The Morgan fingerprint density at radius 2 is 2.00 bits per heavy atom. The fourth-order valence-corrected chi connectivity index (χ4v) is 1.36. The predicted octanol–water partition coefficient (Wildman–Crippen LogP) is 2.91. The van der Waals surface area contributed by atoms with Gasteiger partial charge < -0.3 is 5.21 Å². The van der Waals surface area contributed by atoms with Gasteiger partial charge in [-0.05, 0) is 24.2 Å². The first-order chi connectivity index (χ1) is 4.95. The Kier molecular flexibility index (Phi) is 4.16. The van der Waals surface area contributed by atoms with E-state index in [-0.39, 0.29) is 0 Å². The molecule has 0 radical (unpaired) electrons. The summed E-state index contributed by atoms with van der Waals surface area (Å²) in [6.45, 7) is 8.84. The lowest BCUT2D eigenvalue weighted by atomic mass is 9.84. The van der Waals surface area contributed by atoms with Crippen molar-refractivity contribution in [1.82, 2.24) is 0 Å². The highest BCUT2D eigenvalue weighted by molar-refractivity contribution is 5.56. The van der Waals surface area contributed by atoms with Crippen molar-refractivity contribution < 1.29 is 5.21 Å². The van der Waals surface area contributed by atoms with Gasteiger partial charge in [0.25, 0.3) is 0 Å². The molecule has 0 bridgehead atoms. The molecule has 0 aromatic carbocycles. The third kappa shape index (κ3) is 7.37. The summed E-state index contributed by atoms with van der Waals surface area (Å²) in [7, 11) is 0. The van der Waals surface area contributed by atoms with Crippen LogP contribution in [0.1, 0.15) is 40.5 Å². The van der Waals surface area contributed by atoms with Gasteiger partial charge >= 0.3 is 0 Å². The Bertz CT molecular complexity index is 124. The average Bonchev–Trinajstić information content (AvgIpc) is 1.79. The van der Waals surface area contributed by atoms with Crippen LogP contribution in [0.5, 0.6) is 0 Å². The second-order valence-corrected chi connectivity index (χ2v) is 4.40. The molecule has 0 aliphatic carbocycles. The van der Waals surface area contributed by atoms with E-state index in [0.29, 0.717) is 11.3 Å². The third-order valence-electron chi connectivity index (χ3n) is 1.55. The smallest absolute Gasteiger partial charge is 0.0438 e. The molecule has 0 heterocycles. The van der Waals surface area contributed by atoms with Gasteiger partial charge in [-0.3, -0.25) is 0 Å². The quantitative estimate of drug-likeness (QED) is 0.381. The molecule has 0 aromatic heterocycles. The van der Waals surface area contributed by atoms with E-state index in [0.717, 1.165) is 6.42 Å². The van der Waals surface area contributed by atoms with Crippen molar-refractivity contribution in [2.45, 2.75) is 40.5 Å². The molecule has 1 atom stereocenters. The highest BCUT2D eigenvalue weighted by atomic mass is 16.4. The summed E-state index contributed by atoms with van der Waals surface area (Å²) < 4.78 is 0. The standard InChI is InChI=1S/C9H19NO/c1-8(5-6-10-11)7-9(2,3)4/h6,8,11H,5,7H2,1-4H3/b10-6-/t8-/m0/s1. The Labute approximate surface area is 69.3 Å². The van der Waals surface area contributed by atoms with Gasteiger partial charge in [0, 0.05) is 6.21 Å². The molecule has 0 unspecified atom stereocenters. The zero-order valence-electron chi connectivity index (χ0n) is 7.96. The summed E-state index contributed by atoms with van der Waals surface area (Å²) in [6.07, 6.45) is 3.60. The molecule has 0 aromatic rings. The molecule has 0 rings (SSSR count). The van der Waals surface area contributed by atoms with Crippen molar-refractivity contribution in [3.63, 3.8) is 0 Å². The lowest BCUT2D eigenvalue weighted by Gasteiger charge is -2.21. The molecule has 0 saturated heterocycles. The molecule has 0 aliphatic rings. The SMILES string of the molecule is C[C@@H](C/C=N\O)CC(C)(C)C. The predicted molar refractivity (Wildman–Crippen MR) is 48.1 cm³/mol. The molecule has 0 fully saturated rings. The van der Waals surface area contributed by atoms with E-state index in [2.05, 4.69) is 32.9 Å².